The molecule has 1 aromatic rings. The first-order valence-corrected chi connectivity index (χ1v) is 8.37. The lowest BCUT2D eigenvalue weighted by Gasteiger charge is -2.30. The van der Waals surface area contributed by atoms with Gasteiger partial charge in [0.15, 0.2) is 0 Å². The minimum absolute atomic E-state index is 0.603. The molecule has 4 unspecified atom stereocenters. The van der Waals surface area contributed by atoms with Gasteiger partial charge in [0.25, 0.3) is 0 Å². The van der Waals surface area contributed by atoms with Crippen LogP contribution in [0.2, 0.25) is 0 Å². The molecule has 2 aliphatic carbocycles. The average molecular weight is 314 g/mol. The van der Waals surface area contributed by atoms with Gasteiger partial charge in [0.05, 0.1) is 3.79 Å². The molecule has 0 saturated heterocycles. The summed E-state index contributed by atoms with van der Waals surface area (Å²) in [4.78, 5) is 1.52. The molecule has 2 bridgehead atoms. The number of hydrogen-bond donors (Lipinski definition) is 1. The lowest BCUT2D eigenvalue weighted by atomic mass is 9.82. The maximum Gasteiger partial charge on any atom is 0.0701 e. The van der Waals surface area contributed by atoms with Crippen LogP contribution in [0.3, 0.4) is 0 Å². The van der Waals surface area contributed by atoms with Crippen molar-refractivity contribution in [2.45, 2.75) is 38.6 Å². The molecule has 2 saturated carbocycles. The second-order valence-corrected chi connectivity index (χ2v) is 8.01. The van der Waals surface area contributed by atoms with E-state index in [2.05, 4.69) is 40.3 Å². The number of fused-ring (bicyclic) bond motifs is 2. The Morgan fingerprint density at radius 3 is 2.82 bits per heavy atom. The lowest BCUT2D eigenvalue weighted by molar-refractivity contribution is 0.256. The molecule has 0 aliphatic heterocycles. The Morgan fingerprint density at radius 1 is 1.41 bits per heavy atom. The quantitative estimate of drug-likeness (QED) is 0.856. The zero-order valence-corrected chi connectivity index (χ0v) is 12.7. The van der Waals surface area contributed by atoms with E-state index in [1.807, 2.05) is 11.3 Å². The van der Waals surface area contributed by atoms with Crippen LogP contribution in [0.1, 0.15) is 43.5 Å². The molecule has 3 heteroatoms. The zero-order chi connectivity index (χ0) is 11.8. The van der Waals surface area contributed by atoms with E-state index in [0.29, 0.717) is 6.04 Å². The van der Waals surface area contributed by atoms with Gasteiger partial charge < -0.3 is 5.32 Å². The minimum atomic E-state index is 0.603. The predicted molar refractivity (Wildman–Crippen MR) is 77.4 cm³/mol. The number of nitrogens with one attached hydrogen (secondary N) is 1. The third kappa shape index (κ3) is 2.34. The van der Waals surface area contributed by atoms with Crippen LogP contribution in [0, 0.1) is 17.8 Å². The Labute approximate surface area is 116 Å². The maximum atomic E-state index is 3.73. The third-order valence-corrected chi connectivity index (χ3v) is 6.25. The summed E-state index contributed by atoms with van der Waals surface area (Å²) < 4.78 is 1.26. The minimum Gasteiger partial charge on any atom is -0.309 e. The fourth-order valence-electron chi connectivity index (χ4n) is 3.88. The van der Waals surface area contributed by atoms with Crippen LogP contribution >= 0.6 is 27.3 Å². The van der Waals surface area contributed by atoms with Crippen molar-refractivity contribution >= 4 is 27.3 Å². The van der Waals surface area contributed by atoms with Crippen LogP contribution in [0.5, 0.6) is 0 Å². The Morgan fingerprint density at radius 2 is 2.29 bits per heavy atom. The first-order chi connectivity index (χ1) is 8.28. The van der Waals surface area contributed by atoms with Crippen molar-refractivity contribution in [2.24, 2.45) is 17.8 Å². The van der Waals surface area contributed by atoms with E-state index < -0.39 is 0 Å². The number of halogens is 1. The molecule has 2 aliphatic rings. The summed E-state index contributed by atoms with van der Waals surface area (Å²) in [6.45, 7) is 3.30. The van der Waals surface area contributed by atoms with Crippen LogP contribution in [0.15, 0.2) is 15.9 Å². The summed E-state index contributed by atoms with van der Waals surface area (Å²) in [7, 11) is 0. The first-order valence-electron chi connectivity index (χ1n) is 6.76. The van der Waals surface area contributed by atoms with E-state index in [9.17, 15) is 0 Å². The van der Waals surface area contributed by atoms with Gasteiger partial charge in [-0.2, -0.15) is 0 Å². The standard InChI is InChI=1S/C14H20BrNS/c1-2-16-14(12-5-6-13(15)17-12)11-8-9-3-4-10(11)7-9/h5-6,9-11,14,16H,2-4,7-8H2,1H3. The predicted octanol–water partition coefficient (Wildman–Crippen LogP) is 4.60. The van der Waals surface area contributed by atoms with Crippen LogP contribution in [-0.2, 0) is 0 Å². The summed E-state index contributed by atoms with van der Waals surface area (Å²) >= 11 is 5.50. The van der Waals surface area contributed by atoms with E-state index in [1.54, 1.807) is 0 Å². The average Bonchev–Trinajstić information content (AvgIpc) is 3.01. The Kier molecular flexibility index (Phi) is 3.60. The molecular weight excluding hydrogens is 294 g/mol. The van der Waals surface area contributed by atoms with Crippen molar-refractivity contribution < 1.29 is 0 Å². The van der Waals surface area contributed by atoms with Gasteiger partial charge in [0.1, 0.15) is 0 Å². The molecule has 0 spiro atoms. The summed E-state index contributed by atoms with van der Waals surface area (Å²) in [5.74, 6) is 2.92. The van der Waals surface area contributed by atoms with Gasteiger partial charge in [-0.15, -0.1) is 11.3 Å². The van der Waals surface area contributed by atoms with Crippen LogP contribution in [0.4, 0.5) is 0 Å². The van der Waals surface area contributed by atoms with Crippen molar-refractivity contribution in [1.29, 1.82) is 0 Å². The van der Waals surface area contributed by atoms with Gasteiger partial charge in [0, 0.05) is 10.9 Å². The van der Waals surface area contributed by atoms with Gasteiger partial charge in [0.2, 0.25) is 0 Å². The first kappa shape index (κ1) is 12.2. The van der Waals surface area contributed by atoms with Crippen LogP contribution in [-0.4, -0.2) is 6.54 Å². The van der Waals surface area contributed by atoms with Crippen LogP contribution in [0.25, 0.3) is 0 Å². The molecule has 17 heavy (non-hydrogen) atoms. The van der Waals surface area contributed by atoms with E-state index in [4.69, 9.17) is 0 Å². The number of thiophene rings is 1. The van der Waals surface area contributed by atoms with Crippen molar-refractivity contribution in [3.8, 4) is 0 Å². The molecule has 0 aromatic carbocycles. The largest absolute Gasteiger partial charge is 0.309 e. The second kappa shape index (κ2) is 5.02. The highest BCUT2D eigenvalue weighted by atomic mass is 79.9. The summed E-state index contributed by atoms with van der Waals surface area (Å²) in [5.41, 5.74) is 0. The molecule has 2 fully saturated rings. The topological polar surface area (TPSA) is 12.0 Å². The van der Waals surface area contributed by atoms with Crippen molar-refractivity contribution in [2.75, 3.05) is 6.54 Å². The molecule has 0 amide bonds. The van der Waals surface area contributed by atoms with Crippen LogP contribution < -0.4 is 5.32 Å². The summed E-state index contributed by atoms with van der Waals surface area (Å²) in [6, 6.07) is 5.10. The fraction of sp³-hybridized carbons (Fsp3) is 0.714. The smallest absolute Gasteiger partial charge is 0.0701 e. The third-order valence-electron chi connectivity index (χ3n) is 4.55. The highest BCUT2D eigenvalue weighted by molar-refractivity contribution is 9.11. The summed E-state index contributed by atoms with van der Waals surface area (Å²) in [5, 5.41) is 3.73. The normalized spacial score (nSPS) is 33.2. The van der Waals surface area contributed by atoms with E-state index >= 15 is 0 Å². The second-order valence-electron chi connectivity index (χ2n) is 5.52. The molecule has 4 atom stereocenters. The Balaban J connectivity index is 1.80. The van der Waals surface area contributed by atoms with Crippen molar-refractivity contribution in [1.82, 2.24) is 5.32 Å². The van der Waals surface area contributed by atoms with Gasteiger partial charge in [-0.3, -0.25) is 0 Å². The molecule has 1 N–H and O–H groups in total. The Hall–Kier alpha value is 0.140. The maximum absolute atomic E-state index is 3.73. The van der Waals surface area contributed by atoms with Gasteiger partial charge in [-0.1, -0.05) is 13.3 Å². The number of rotatable bonds is 4. The Bertz CT molecular complexity index is 389. The molecule has 3 rings (SSSR count). The SMILES string of the molecule is CCNC(c1ccc(Br)s1)C1CC2CCC1C2. The van der Waals surface area contributed by atoms with Gasteiger partial charge in [-0.05, 0) is 71.6 Å². The summed E-state index contributed by atoms with van der Waals surface area (Å²) in [6.07, 6.45) is 5.93. The van der Waals surface area contributed by atoms with Crippen molar-refractivity contribution in [3.05, 3.63) is 20.8 Å². The van der Waals surface area contributed by atoms with Gasteiger partial charge in [-0.25, -0.2) is 0 Å². The molecule has 94 valence electrons. The molecular formula is C14H20BrNS. The number of hydrogen-bond acceptors (Lipinski definition) is 2. The van der Waals surface area contributed by atoms with E-state index in [0.717, 1.165) is 24.3 Å². The zero-order valence-electron chi connectivity index (χ0n) is 10.3. The van der Waals surface area contributed by atoms with Crippen molar-refractivity contribution in [3.63, 3.8) is 0 Å². The molecule has 1 nitrogen and oxygen atoms in total. The lowest BCUT2D eigenvalue weighted by Crippen LogP contribution is -2.30. The molecule has 1 heterocycles. The highest BCUT2D eigenvalue weighted by Gasteiger charge is 2.43. The molecule has 1 aromatic heterocycles. The highest BCUT2D eigenvalue weighted by Crippen LogP contribution is 2.53. The molecule has 0 radical (unpaired) electrons. The fourth-order valence-corrected chi connectivity index (χ4v) is 5.46. The van der Waals surface area contributed by atoms with Gasteiger partial charge >= 0.3 is 0 Å². The van der Waals surface area contributed by atoms with E-state index in [1.165, 1.54) is 34.3 Å². The monoisotopic (exact) mass is 313 g/mol. The van der Waals surface area contributed by atoms with E-state index in [-0.39, 0.29) is 0 Å².